The van der Waals surface area contributed by atoms with E-state index in [4.69, 9.17) is 4.74 Å². The molecular weight excluding hydrogens is 731 g/mol. The number of ether oxygens (including phenoxy) is 1. The number of amides is 1. The molecule has 0 aliphatic heterocycles. The van der Waals surface area contributed by atoms with E-state index in [1.165, 1.54) is 51.4 Å². The van der Waals surface area contributed by atoms with Gasteiger partial charge in [0, 0.05) is 6.42 Å². The predicted molar refractivity (Wildman–Crippen MR) is 254 cm³/mol. The Hall–Kier alpha value is -3.22. The van der Waals surface area contributed by atoms with E-state index in [0.29, 0.717) is 19.3 Å². The van der Waals surface area contributed by atoms with Gasteiger partial charge in [0.15, 0.2) is 0 Å². The quantitative estimate of drug-likeness (QED) is 0.0247. The van der Waals surface area contributed by atoms with Gasteiger partial charge in [-0.15, -0.1) is 0 Å². The predicted octanol–water partition coefficient (Wildman–Crippen LogP) is 14.2. The highest BCUT2D eigenvalue weighted by molar-refractivity contribution is 5.77. The fourth-order valence-electron chi connectivity index (χ4n) is 6.65. The first-order valence-corrected chi connectivity index (χ1v) is 24.0. The molecule has 6 nitrogen and oxygen atoms in total. The monoisotopic (exact) mass is 820 g/mol. The van der Waals surface area contributed by atoms with Crippen molar-refractivity contribution in [3.8, 4) is 0 Å². The van der Waals surface area contributed by atoms with Gasteiger partial charge in [0.1, 0.15) is 6.10 Å². The molecule has 0 aliphatic rings. The highest BCUT2D eigenvalue weighted by atomic mass is 16.5. The van der Waals surface area contributed by atoms with Crippen molar-refractivity contribution in [1.29, 1.82) is 0 Å². The number of esters is 1. The van der Waals surface area contributed by atoms with E-state index in [0.717, 1.165) is 103 Å². The summed E-state index contributed by atoms with van der Waals surface area (Å²) in [6, 6.07) is -0.723. The fourth-order valence-corrected chi connectivity index (χ4v) is 6.65. The molecule has 0 saturated heterocycles. The molecule has 59 heavy (non-hydrogen) atoms. The Morgan fingerprint density at radius 1 is 0.525 bits per heavy atom. The second-order valence-corrected chi connectivity index (χ2v) is 15.9. The number of hydrogen-bond acceptors (Lipinski definition) is 5. The molecule has 0 saturated carbocycles. The van der Waals surface area contributed by atoms with Crippen molar-refractivity contribution in [2.45, 2.75) is 219 Å². The molecule has 0 fully saturated rings. The van der Waals surface area contributed by atoms with E-state index in [9.17, 15) is 19.8 Å². The van der Waals surface area contributed by atoms with Crippen LogP contribution in [0, 0.1) is 0 Å². The molecule has 0 heterocycles. The molecule has 0 aliphatic carbocycles. The van der Waals surface area contributed by atoms with Gasteiger partial charge in [-0.2, -0.15) is 0 Å². The number of allylic oxidation sites excluding steroid dienone is 16. The van der Waals surface area contributed by atoms with Gasteiger partial charge in [0.25, 0.3) is 0 Å². The summed E-state index contributed by atoms with van der Waals surface area (Å²) >= 11 is 0. The number of aliphatic hydroxyl groups is 2. The topological polar surface area (TPSA) is 95.9 Å². The molecule has 3 N–H and O–H groups in total. The summed E-state index contributed by atoms with van der Waals surface area (Å²) in [5.74, 6) is -0.552. The van der Waals surface area contributed by atoms with Gasteiger partial charge in [0.05, 0.1) is 25.2 Å². The molecule has 1 amide bonds. The summed E-state index contributed by atoms with van der Waals surface area (Å²) in [6.45, 7) is 6.23. The molecule has 0 aromatic rings. The van der Waals surface area contributed by atoms with Crippen LogP contribution in [0.5, 0.6) is 0 Å². The van der Waals surface area contributed by atoms with Gasteiger partial charge in [-0.25, -0.2) is 0 Å². The number of carbonyl (C=O) groups excluding carboxylic acids is 2. The zero-order chi connectivity index (χ0) is 43.1. The number of rotatable bonds is 41. The number of hydrogen-bond donors (Lipinski definition) is 3. The lowest BCUT2D eigenvalue weighted by molar-refractivity contribution is -0.151. The number of nitrogens with one attached hydrogen (secondary N) is 1. The minimum atomic E-state index is -0.806. The second kappa shape index (κ2) is 45.9. The van der Waals surface area contributed by atoms with Crippen LogP contribution in [0.3, 0.4) is 0 Å². The van der Waals surface area contributed by atoms with Gasteiger partial charge < -0.3 is 20.3 Å². The van der Waals surface area contributed by atoms with E-state index >= 15 is 0 Å². The van der Waals surface area contributed by atoms with E-state index in [2.05, 4.69) is 99.0 Å². The Morgan fingerprint density at radius 2 is 1.02 bits per heavy atom. The zero-order valence-electron chi connectivity index (χ0n) is 38.1. The Kier molecular flexibility index (Phi) is 43.4. The Bertz CT molecular complexity index is 1190. The van der Waals surface area contributed by atoms with Crippen molar-refractivity contribution >= 4 is 11.9 Å². The van der Waals surface area contributed by atoms with Crippen LogP contribution in [0.15, 0.2) is 97.2 Å². The van der Waals surface area contributed by atoms with Crippen LogP contribution in [0.1, 0.15) is 201 Å². The third kappa shape index (κ3) is 41.3. The largest absolute Gasteiger partial charge is 0.462 e. The SMILES string of the molecule is CC/C=C/C/C=C/C/C=C/CCCCC(CC(=O)NC(CO)C(O)CCCCCCCCCCCC)OC(=O)CCCCCCC/C=C/C=C/C=C/C=C/C=C/CCC. The van der Waals surface area contributed by atoms with Gasteiger partial charge >= 0.3 is 5.97 Å². The Labute approximate surface area is 363 Å². The molecule has 6 heteroatoms. The lowest BCUT2D eigenvalue weighted by Crippen LogP contribution is -2.46. The summed E-state index contributed by atoms with van der Waals surface area (Å²) in [5.41, 5.74) is 0. The van der Waals surface area contributed by atoms with Crippen LogP contribution in [-0.2, 0) is 14.3 Å². The molecule has 0 bridgehead atoms. The van der Waals surface area contributed by atoms with Crippen molar-refractivity contribution in [3.63, 3.8) is 0 Å². The van der Waals surface area contributed by atoms with Crippen molar-refractivity contribution in [2.24, 2.45) is 0 Å². The van der Waals surface area contributed by atoms with Crippen LogP contribution in [0.4, 0.5) is 0 Å². The van der Waals surface area contributed by atoms with Crippen molar-refractivity contribution in [2.75, 3.05) is 6.61 Å². The first-order valence-electron chi connectivity index (χ1n) is 24.0. The smallest absolute Gasteiger partial charge is 0.306 e. The molecule has 0 spiro atoms. The van der Waals surface area contributed by atoms with Gasteiger partial charge in [-0.3, -0.25) is 9.59 Å². The van der Waals surface area contributed by atoms with Crippen LogP contribution in [-0.4, -0.2) is 46.9 Å². The number of aliphatic hydroxyl groups excluding tert-OH is 2. The fraction of sp³-hybridized carbons (Fsp3) is 0.660. The lowest BCUT2D eigenvalue weighted by atomic mass is 10.0. The molecule has 0 aromatic carbocycles. The normalized spacial score (nSPS) is 14.2. The Morgan fingerprint density at radius 3 is 1.63 bits per heavy atom. The maximum absolute atomic E-state index is 13.1. The Balaban J connectivity index is 4.69. The summed E-state index contributed by atoms with van der Waals surface area (Å²) in [6.07, 6.45) is 60.3. The van der Waals surface area contributed by atoms with E-state index in [1.54, 1.807) is 0 Å². The number of unbranched alkanes of at least 4 members (excludes halogenated alkanes) is 17. The van der Waals surface area contributed by atoms with Crippen molar-refractivity contribution in [3.05, 3.63) is 97.2 Å². The van der Waals surface area contributed by atoms with Crippen LogP contribution < -0.4 is 5.32 Å². The summed E-state index contributed by atoms with van der Waals surface area (Å²) in [4.78, 5) is 26.0. The van der Waals surface area contributed by atoms with Gasteiger partial charge in [-0.05, 0) is 77.0 Å². The maximum atomic E-state index is 13.1. The van der Waals surface area contributed by atoms with Crippen molar-refractivity contribution < 1.29 is 24.5 Å². The molecule has 3 atom stereocenters. The summed E-state index contributed by atoms with van der Waals surface area (Å²) < 4.78 is 5.88. The number of carbonyl (C=O) groups is 2. The molecular formula is C53H89NO5. The van der Waals surface area contributed by atoms with E-state index < -0.39 is 18.2 Å². The average Bonchev–Trinajstić information content (AvgIpc) is 3.23. The van der Waals surface area contributed by atoms with E-state index in [1.807, 2.05) is 24.3 Å². The minimum Gasteiger partial charge on any atom is -0.462 e. The summed E-state index contributed by atoms with van der Waals surface area (Å²) in [5, 5.41) is 23.6. The summed E-state index contributed by atoms with van der Waals surface area (Å²) in [7, 11) is 0. The van der Waals surface area contributed by atoms with Gasteiger partial charge in [0.2, 0.25) is 5.91 Å². The molecule has 0 rings (SSSR count). The van der Waals surface area contributed by atoms with Crippen LogP contribution >= 0.6 is 0 Å². The molecule has 336 valence electrons. The van der Waals surface area contributed by atoms with E-state index in [-0.39, 0.29) is 24.9 Å². The maximum Gasteiger partial charge on any atom is 0.306 e. The molecule has 0 aromatic heterocycles. The zero-order valence-corrected chi connectivity index (χ0v) is 38.1. The minimum absolute atomic E-state index is 0.0348. The average molecular weight is 820 g/mol. The lowest BCUT2D eigenvalue weighted by Gasteiger charge is -2.24. The highest BCUT2D eigenvalue weighted by Gasteiger charge is 2.24. The molecule has 3 unspecified atom stereocenters. The molecule has 0 radical (unpaired) electrons. The first kappa shape index (κ1) is 55.8. The standard InChI is InChI=1S/C53H89NO5/c1-4-7-10-13-16-19-22-24-25-26-27-28-29-31-34-37-40-43-46-53(58)59-49(44-41-38-35-32-30-23-20-17-14-11-8-5-2)47-52(57)54-50(48-55)51(56)45-42-39-36-33-21-18-15-12-9-6-3/h8,10-11,13,16-17,19-20,22,24-28,30,32,49-51,55-56H,4-7,9,12,14-15,18,21,23,29,31,33-48H2,1-3H3,(H,54,57)/b11-8+,13-10+,19-16+,20-17+,24-22+,26-25+,28-27+,32-30+. The van der Waals surface area contributed by atoms with Crippen LogP contribution in [0.25, 0.3) is 0 Å². The third-order valence-electron chi connectivity index (χ3n) is 10.3. The first-order chi connectivity index (χ1) is 29.0. The van der Waals surface area contributed by atoms with Gasteiger partial charge in [-0.1, -0.05) is 208 Å². The van der Waals surface area contributed by atoms with Crippen molar-refractivity contribution in [1.82, 2.24) is 5.32 Å². The highest BCUT2D eigenvalue weighted by Crippen LogP contribution is 2.16. The second-order valence-electron chi connectivity index (χ2n) is 15.9. The third-order valence-corrected chi connectivity index (χ3v) is 10.3. The van der Waals surface area contributed by atoms with Crippen LogP contribution in [0.2, 0.25) is 0 Å².